The zero-order chi connectivity index (χ0) is 14.5. The Morgan fingerprint density at radius 2 is 1.95 bits per heavy atom. The number of carboxylic acid groups (broad SMARTS) is 1. The first-order valence-corrected chi connectivity index (χ1v) is 6.96. The highest BCUT2D eigenvalue weighted by atomic mass is 16.4. The van der Waals surface area contributed by atoms with Crippen LogP contribution in [0.15, 0.2) is 12.1 Å². The highest BCUT2D eigenvalue weighted by molar-refractivity contribution is 5.88. The maximum absolute atomic E-state index is 11.2. The molecule has 106 valence electrons. The van der Waals surface area contributed by atoms with Crippen molar-refractivity contribution in [2.45, 2.75) is 58.9 Å². The Hall–Kier alpha value is -1.58. The summed E-state index contributed by atoms with van der Waals surface area (Å²) in [6.45, 7) is 8.42. The molecule has 1 aromatic heterocycles. The number of nitrogens with one attached hydrogen (secondary N) is 1. The Morgan fingerprint density at radius 1 is 1.32 bits per heavy atom. The van der Waals surface area contributed by atoms with Crippen LogP contribution in [0.2, 0.25) is 0 Å². The molecule has 19 heavy (non-hydrogen) atoms. The predicted octanol–water partition coefficient (Wildman–Crippen LogP) is 3.72. The van der Waals surface area contributed by atoms with Crippen molar-refractivity contribution < 1.29 is 9.90 Å². The summed E-state index contributed by atoms with van der Waals surface area (Å²) in [4.78, 5) is 15.7. The standard InChI is InChI=1S/C15H24N2O2/c1-5-8-12-9-11(14(18)19)10-13(16-12)17-15(4,6-2)7-3/h9-10H,5-8H2,1-4H3,(H,16,17)(H,18,19). The number of nitrogens with zero attached hydrogens (tertiary/aromatic N) is 1. The number of carbonyl (C=O) groups is 1. The normalized spacial score (nSPS) is 11.4. The van der Waals surface area contributed by atoms with Crippen molar-refractivity contribution in [3.63, 3.8) is 0 Å². The van der Waals surface area contributed by atoms with Gasteiger partial charge in [-0.2, -0.15) is 0 Å². The number of hydrogen-bond acceptors (Lipinski definition) is 3. The Morgan fingerprint density at radius 3 is 2.42 bits per heavy atom. The number of anilines is 1. The van der Waals surface area contributed by atoms with Crippen LogP contribution >= 0.6 is 0 Å². The molecule has 0 fully saturated rings. The number of carboxylic acids is 1. The van der Waals surface area contributed by atoms with Gasteiger partial charge in [0.25, 0.3) is 0 Å². The van der Waals surface area contributed by atoms with E-state index in [0.29, 0.717) is 11.4 Å². The Balaban J connectivity index is 3.08. The van der Waals surface area contributed by atoms with E-state index in [1.54, 1.807) is 12.1 Å². The average Bonchev–Trinajstić information content (AvgIpc) is 2.38. The summed E-state index contributed by atoms with van der Waals surface area (Å²) in [6, 6.07) is 3.28. The molecule has 0 atom stereocenters. The highest BCUT2D eigenvalue weighted by Gasteiger charge is 2.20. The van der Waals surface area contributed by atoms with Crippen LogP contribution in [0, 0.1) is 0 Å². The van der Waals surface area contributed by atoms with Gasteiger partial charge < -0.3 is 10.4 Å². The van der Waals surface area contributed by atoms with Crippen LogP contribution in [-0.2, 0) is 6.42 Å². The topological polar surface area (TPSA) is 62.2 Å². The molecule has 1 aromatic rings. The number of pyridine rings is 1. The van der Waals surface area contributed by atoms with Crippen LogP contribution < -0.4 is 5.32 Å². The molecule has 1 rings (SSSR count). The molecular formula is C15H24N2O2. The van der Waals surface area contributed by atoms with E-state index >= 15 is 0 Å². The predicted molar refractivity (Wildman–Crippen MR) is 77.8 cm³/mol. The van der Waals surface area contributed by atoms with Crippen molar-refractivity contribution >= 4 is 11.8 Å². The third kappa shape index (κ3) is 4.23. The summed E-state index contributed by atoms with van der Waals surface area (Å²) < 4.78 is 0. The number of aromatic nitrogens is 1. The van der Waals surface area contributed by atoms with Gasteiger partial charge in [-0.3, -0.25) is 0 Å². The summed E-state index contributed by atoms with van der Waals surface area (Å²) in [5.74, 6) is -0.243. The van der Waals surface area contributed by atoms with Crippen molar-refractivity contribution in [1.29, 1.82) is 0 Å². The van der Waals surface area contributed by atoms with Gasteiger partial charge in [-0.1, -0.05) is 27.2 Å². The maximum Gasteiger partial charge on any atom is 0.335 e. The van der Waals surface area contributed by atoms with Crippen molar-refractivity contribution in [3.05, 3.63) is 23.4 Å². The van der Waals surface area contributed by atoms with E-state index in [1.807, 2.05) is 0 Å². The number of aromatic carboxylic acids is 1. The first-order chi connectivity index (χ1) is 8.94. The molecule has 0 unspecified atom stereocenters. The van der Waals surface area contributed by atoms with E-state index < -0.39 is 5.97 Å². The minimum absolute atomic E-state index is 0.0480. The summed E-state index contributed by atoms with van der Waals surface area (Å²) in [6.07, 6.45) is 3.68. The van der Waals surface area contributed by atoms with Gasteiger partial charge in [0.2, 0.25) is 0 Å². The zero-order valence-corrected chi connectivity index (χ0v) is 12.3. The molecule has 2 N–H and O–H groups in total. The molecule has 0 spiro atoms. The molecule has 0 aromatic carbocycles. The summed E-state index contributed by atoms with van der Waals surface area (Å²) in [7, 11) is 0. The van der Waals surface area contributed by atoms with Crippen LogP contribution in [-0.4, -0.2) is 21.6 Å². The van der Waals surface area contributed by atoms with E-state index in [2.05, 4.69) is 38.0 Å². The molecule has 0 saturated carbocycles. The molecule has 0 aliphatic heterocycles. The van der Waals surface area contributed by atoms with E-state index in [1.165, 1.54) is 0 Å². The zero-order valence-electron chi connectivity index (χ0n) is 12.3. The largest absolute Gasteiger partial charge is 0.478 e. The molecule has 4 heteroatoms. The molecule has 0 aliphatic rings. The number of aryl methyl sites for hydroxylation is 1. The summed E-state index contributed by atoms with van der Waals surface area (Å²) >= 11 is 0. The number of hydrogen-bond donors (Lipinski definition) is 2. The van der Waals surface area contributed by atoms with Gasteiger partial charge >= 0.3 is 5.97 Å². The lowest BCUT2D eigenvalue weighted by Crippen LogP contribution is -2.33. The van der Waals surface area contributed by atoms with Crippen molar-refractivity contribution in [3.8, 4) is 0 Å². The second kappa shape index (κ2) is 6.55. The van der Waals surface area contributed by atoms with Crippen molar-refractivity contribution in [2.24, 2.45) is 0 Å². The molecule has 0 bridgehead atoms. The van der Waals surface area contributed by atoms with E-state index in [4.69, 9.17) is 5.11 Å². The maximum atomic E-state index is 11.2. The van der Waals surface area contributed by atoms with Gasteiger partial charge in [-0.25, -0.2) is 9.78 Å². The lowest BCUT2D eigenvalue weighted by Gasteiger charge is -2.29. The van der Waals surface area contributed by atoms with Crippen molar-refractivity contribution in [2.75, 3.05) is 5.32 Å². The van der Waals surface area contributed by atoms with E-state index in [-0.39, 0.29) is 5.54 Å². The summed E-state index contributed by atoms with van der Waals surface area (Å²) in [5, 5.41) is 12.5. The van der Waals surface area contributed by atoms with Gasteiger partial charge in [-0.05, 0) is 38.3 Å². The first kappa shape index (κ1) is 15.5. The Labute approximate surface area is 115 Å². The summed E-state index contributed by atoms with van der Waals surface area (Å²) in [5.41, 5.74) is 1.09. The van der Waals surface area contributed by atoms with Crippen LogP contribution in [0.5, 0.6) is 0 Å². The Kier molecular flexibility index (Phi) is 5.33. The highest BCUT2D eigenvalue weighted by Crippen LogP contribution is 2.22. The molecule has 0 radical (unpaired) electrons. The van der Waals surface area contributed by atoms with Crippen LogP contribution in [0.25, 0.3) is 0 Å². The van der Waals surface area contributed by atoms with Crippen LogP contribution in [0.3, 0.4) is 0 Å². The van der Waals surface area contributed by atoms with Gasteiger partial charge in [0, 0.05) is 11.2 Å². The lowest BCUT2D eigenvalue weighted by molar-refractivity contribution is 0.0696. The Bertz CT molecular complexity index is 440. The van der Waals surface area contributed by atoms with E-state index in [9.17, 15) is 4.79 Å². The van der Waals surface area contributed by atoms with E-state index in [0.717, 1.165) is 31.4 Å². The third-order valence-electron chi connectivity index (χ3n) is 3.62. The average molecular weight is 264 g/mol. The second-order valence-electron chi connectivity index (χ2n) is 5.18. The molecule has 0 aliphatic carbocycles. The fourth-order valence-electron chi connectivity index (χ4n) is 1.90. The SMILES string of the molecule is CCCc1cc(C(=O)O)cc(NC(C)(CC)CC)n1. The molecular weight excluding hydrogens is 240 g/mol. The second-order valence-corrected chi connectivity index (χ2v) is 5.18. The van der Waals surface area contributed by atoms with Gasteiger partial charge in [0.1, 0.15) is 5.82 Å². The quantitative estimate of drug-likeness (QED) is 0.787. The molecule has 0 saturated heterocycles. The van der Waals surface area contributed by atoms with Crippen molar-refractivity contribution in [1.82, 2.24) is 4.98 Å². The molecule has 4 nitrogen and oxygen atoms in total. The monoisotopic (exact) mass is 264 g/mol. The van der Waals surface area contributed by atoms with Gasteiger partial charge in [0.05, 0.1) is 5.56 Å². The van der Waals surface area contributed by atoms with Gasteiger partial charge in [-0.15, -0.1) is 0 Å². The minimum atomic E-state index is -0.905. The smallest absolute Gasteiger partial charge is 0.335 e. The first-order valence-electron chi connectivity index (χ1n) is 6.96. The van der Waals surface area contributed by atoms with Gasteiger partial charge in [0.15, 0.2) is 0 Å². The number of rotatable bonds is 7. The minimum Gasteiger partial charge on any atom is -0.478 e. The molecule has 0 amide bonds. The molecule has 1 heterocycles. The van der Waals surface area contributed by atoms with Crippen LogP contribution in [0.4, 0.5) is 5.82 Å². The lowest BCUT2D eigenvalue weighted by atomic mass is 9.95. The van der Waals surface area contributed by atoms with Crippen LogP contribution in [0.1, 0.15) is 63.0 Å². The fourth-order valence-corrected chi connectivity index (χ4v) is 1.90. The fraction of sp³-hybridized carbons (Fsp3) is 0.600. The third-order valence-corrected chi connectivity index (χ3v) is 3.62.